The molecule has 2 heterocycles. The summed E-state index contributed by atoms with van der Waals surface area (Å²) in [6, 6.07) is 11.2. The summed E-state index contributed by atoms with van der Waals surface area (Å²) in [4.78, 5) is 43.0. The Morgan fingerprint density at radius 1 is 1.10 bits per heavy atom. The number of urea groups is 1. The van der Waals surface area contributed by atoms with Crippen molar-refractivity contribution in [2.75, 3.05) is 18.8 Å². The van der Waals surface area contributed by atoms with Crippen LogP contribution in [0.4, 0.5) is 4.79 Å². The van der Waals surface area contributed by atoms with Crippen LogP contribution >= 0.6 is 35.0 Å². The lowest BCUT2D eigenvalue weighted by atomic mass is 10.2. The summed E-state index contributed by atoms with van der Waals surface area (Å²) < 4.78 is 1.43. The van der Waals surface area contributed by atoms with E-state index in [9.17, 15) is 14.4 Å². The molecule has 0 bridgehead atoms. The first kappa shape index (κ1) is 19.8. The van der Waals surface area contributed by atoms with E-state index in [-0.39, 0.29) is 17.2 Å². The molecule has 1 N–H and O–H groups in total. The van der Waals surface area contributed by atoms with Crippen LogP contribution in [0.1, 0.15) is 0 Å². The number of hydrogen-bond acceptors (Lipinski definition) is 5. The van der Waals surface area contributed by atoms with Crippen molar-refractivity contribution in [1.82, 2.24) is 19.8 Å². The third-order valence-corrected chi connectivity index (χ3v) is 5.78. The third-order valence-electron chi connectivity index (χ3n) is 4.37. The first-order valence-electron chi connectivity index (χ1n) is 8.63. The smallest absolute Gasteiger partial charge is 0.324 e. The predicted molar refractivity (Wildman–Crippen MR) is 113 cm³/mol. The molecule has 1 fully saturated rings. The van der Waals surface area contributed by atoms with E-state index >= 15 is 0 Å². The zero-order chi connectivity index (χ0) is 20.5. The lowest BCUT2D eigenvalue weighted by molar-refractivity contribution is -0.124. The SMILES string of the molecule is O=C(CSc1nc2cc(Cl)ccc2c(=O)n1-c1ccc(Cl)cc1)N1CCNC1=O. The maximum atomic E-state index is 13.2. The molecule has 0 radical (unpaired) electrons. The topological polar surface area (TPSA) is 84.3 Å². The number of nitrogens with one attached hydrogen (secondary N) is 1. The number of rotatable bonds is 4. The van der Waals surface area contributed by atoms with Crippen molar-refractivity contribution in [2.45, 2.75) is 5.16 Å². The van der Waals surface area contributed by atoms with Gasteiger partial charge in [0.25, 0.3) is 5.56 Å². The van der Waals surface area contributed by atoms with Crippen molar-refractivity contribution in [2.24, 2.45) is 0 Å². The van der Waals surface area contributed by atoms with E-state index in [1.54, 1.807) is 42.5 Å². The van der Waals surface area contributed by atoms with Gasteiger partial charge in [-0.25, -0.2) is 9.78 Å². The van der Waals surface area contributed by atoms with Gasteiger partial charge in [0.2, 0.25) is 5.91 Å². The molecule has 29 heavy (non-hydrogen) atoms. The van der Waals surface area contributed by atoms with Crippen LogP contribution in [0.25, 0.3) is 16.6 Å². The number of fused-ring (bicyclic) bond motifs is 1. The van der Waals surface area contributed by atoms with Crippen LogP contribution in [0.5, 0.6) is 0 Å². The van der Waals surface area contributed by atoms with Crippen LogP contribution in [-0.4, -0.2) is 45.2 Å². The number of carbonyl (C=O) groups excluding carboxylic acids is 2. The molecule has 2 aromatic carbocycles. The molecule has 7 nitrogen and oxygen atoms in total. The van der Waals surface area contributed by atoms with Gasteiger partial charge in [-0.05, 0) is 42.5 Å². The van der Waals surface area contributed by atoms with E-state index < -0.39 is 6.03 Å². The van der Waals surface area contributed by atoms with E-state index in [1.807, 2.05) is 0 Å². The monoisotopic (exact) mass is 448 g/mol. The second-order valence-electron chi connectivity index (χ2n) is 6.24. The van der Waals surface area contributed by atoms with Gasteiger partial charge >= 0.3 is 6.03 Å². The number of carbonyl (C=O) groups is 2. The molecule has 1 saturated heterocycles. The van der Waals surface area contributed by atoms with E-state index in [1.165, 1.54) is 4.57 Å². The van der Waals surface area contributed by atoms with Gasteiger partial charge < -0.3 is 5.32 Å². The molecule has 148 valence electrons. The van der Waals surface area contributed by atoms with E-state index in [0.29, 0.717) is 44.9 Å². The molecule has 4 rings (SSSR count). The molecule has 3 amide bonds. The zero-order valence-corrected chi connectivity index (χ0v) is 17.2. The molecular weight excluding hydrogens is 435 g/mol. The van der Waals surface area contributed by atoms with Gasteiger partial charge in [0.1, 0.15) is 0 Å². The summed E-state index contributed by atoms with van der Waals surface area (Å²) in [6.07, 6.45) is 0. The molecule has 3 aromatic rings. The largest absolute Gasteiger partial charge is 0.336 e. The Bertz CT molecular complexity index is 1180. The Kier molecular flexibility index (Phi) is 5.49. The fraction of sp³-hybridized carbons (Fsp3) is 0.158. The van der Waals surface area contributed by atoms with Crippen LogP contribution in [0.15, 0.2) is 52.4 Å². The average molecular weight is 449 g/mol. The molecule has 0 saturated carbocycles. The number of thioether (sulfide) groups is 1. The number of hydrogen-bond donors (Lipinski definition) is 1. The van der Waals surface area contributed by atoms with Crippen molar-refractivity contribution in [1.29, 1.82) is 0 Å². The van der Waals surface area contributed by atoms with Crippen LogP contribution in [0.2, 0.25) is 10.0 Å². The van der Waals surface area contributed by atoms with E-state index in [0.717, 1.165) is 16.7 Å². The first-order valence-corrected chi connectivity index (χ1v) is 10.4. The molecule has 0 spiro atoms. The average Bonchev–Trinajstić information content (AvgIpc) is 3.13. The molecule has 1 aromatic heterocycles. The van der Waals surface area contributed by atoms with Crippen LogP contribution < -0.4 is 10.9 Å². The number of halogens is 2. The fourth-order valence-corrected chi connectivity index (χ4v) is 4.15. The summed E-state index contributed by atoms with van der Waals surface area (Å²) in [5.74, 6) is -0.396. The second-order valence-corrected chi connectivity index (χ2v) is 8.05. The highest BCUT2D eigenvalue weighted by Crippen LogP contribution is 2.24. The minimum absolute atomic E-state index is 0.0421. The van der Waals surface area contributed by atoms with E-state index in [4.69, 9.17) is 23.2 Å². The van der Waals surface area contributed by atoms with Gasteiger partial charge in [-0.3, -0.25) is 19.1 Å². The summed E-state index contributed by atoms with van der Waals surface area (Å²) in [7, 11) is 0. The minimum Gasteiger partial charge on any atom is -0.336 e. The van der Waals surface area contributed by atoms with Gasteiger partial charge in [-0.2, -0.15) is 0 Å². The molecule has 0 aliphatic carbocycles. The zero-order valence-electron chi connectivity index (χ0n) is 14.9. The lowest BCUT2D eigenvalue weighted by Gasteiger charge is -2.15. The first-order chi connectivity index (χ1) is 13.9. The van der Waals surface area contributed by atoms with E-state index in [2.05, 4.69) is 10.3 Å². The normalized spacial score (nSPS) is 13.7. The minimum atomic E-state index is -0.413. The van der Waals surface area contributed by atoms with Gasteiger partial charge in [0.15, 0.2) is 5.16 Å². The van der Waals surface area contributed by atoms with Crippen LogP contribution in [0.3, 0.4) is 0 Å². The number of imide groups is 1. The van der Waals surface area contributed by atoms with Crippen molar-refractivity contribution in [3.63, 3.8) is 0 Å². The Morgan fingerprint density at radius 2 is 1.83 bits per heavy atom. The van der Waals surface area contributed by atoms with Crippen molar-refractivity contribution in [3.05, 3.63) is 62.9 Å². The van der Waals surface area contributed by atoms with Gasteiger partial charge in [-0.15, -0.1) is 0 Å². The van der Waals surface area contributed by atoms with Gasteiger partial charge in [0.05, 0.1) is 22.3 Å². The predicted octanol–water partition coefficient (Wildman–Crippen LogP) is 3.34. The highest BCUT2D eigenvalue weighted by molar-refractivity contribution is 7.99. The highest BCUT2D eigenvalue weighted by atomic mass is 35.5. The van der Waals surface area contributed by atoms with Crippen molar-refractivity contribution < 1.29 is 9.59 Å². The molecular formula is C19H14Cl2N4O3S. The fourth-order valence-electron chi connectivity index (χ4n) is 2.97. The summed E-state index contributed by atoms with van der Waals surface area (Å²) in [6.45, 7) is 0.750. The maximum Gasteiger partial charge on any atom is 0.324 e. The molecule has 0 unspecified atom stereocenters. The number of benzene rings is 2. The second kappa shape index (κ2) is 8.06. The molecule has 1 aliphatic rings. The van der Waals surface area contributed by atoms with Crippen molar-refractivity contribution in [3.8, 4) is 5.69 Å². The Balaban J connectivity index is 1.77. The summed E-state index contributed by atoms with van der Waals surface area (Å²) in [5.41, 5.74) is 0.710. The summed E-state index contributed by atoms with van der Waals surface area (Å²) >= 11 is 13.1. The molecule has 1 aliphatic heterocycles. The summed E-state index contributed by atoms with van der Waals surface area (Å²) in [5, 5.41) is 4.30. The van der Waals surface area contributed by atoms with Gasteiger partial charge in [-0.1, -0.05) is 35.0 Å². The Hall–Kier alpha value is -2.55. The quantitative estimate of drug-likeness (QED) is 0.488. The highest BCUT2D eigenvalue weighted by Gasteiger charge is 2.26. The Morgan fingerprint density at radius 3 is 2.52 bits per heavy atom. The van der Waals surface area contributed by atoms with Crippen molar-refractivity contribution >= 4 is 57.8 Å². The molecule has 0 atom stereocenters. The van der Waals surface area contributed by atoms with Crippen LogP contribution in [-0.2, 0) is 4.79 Å². The standard InChI is InChI=1S/C19H14Cl2N4O3S/c20-11-1-4-13(5-2-11)25-17(27)14-6-3-12(21)9-15(14)23-19(25)29-10-16(26)24-8-7-22-18(24)28/h1-6,9H,7-8,10H2,(H,22,28). The third kappa shape index (κ3) is 3.96. The maximum absolute atomic E-state index is 13.2. The number of aromatic nitrogens is 2. The number of nitrogens with zero attached hydrogens (tertiary/aromatic N) is 3. The lowest BCUT2D eigenvalue weighted by Crippen LogP contribution is -2.35. The number of amides is 3. The molecule has 10 heteroatoms. The Labute approximate surface area is 179 Å². The van der Waals surface area contributed by atoms with Gasteiger partial charge in [0, 0.05) is 23.1 Å². The van der Waals surface area contributed by atoms with Crippen LogP contribution in [0, 0.1) is 0 Å².